The molecule has 1 amide bonds. The van der Waals surface area contributed by atoms with Crippen LogP contribution in [0.25, 0.3) is 0 Å². The van der Waals surface area contributed by atoms with Gasteiger partial charge in [0.15, 0.2) is 11.5 Å². The van der Waals surface area contributed by atoms with Crippen LogP contribution >= 0.6 is 0 Å². The van der Waals surface area contributed by atoms with E-state index in [1.165, 1.54) is 12.1 Å². The molecule has 18 heavy (non-hydrogen) atoms. The first-order chi connectivity index (χ1) is 8.49. The number of nitrogens with one attached hydrogen (secondary N) is 3. The van der Waals surface area contributed by atoms with Gasteiger partial charge in [0.25, 0.3) is 5.91 Å². The van der Waals surface area contributed by atoms with Crippen molar-refractivity contribution in [1.82, 2.24) is 15.2 Å². The van der Waals surface area contributed by atoms with Crippen molar-refractivity contribution in [2.24, 2.45) is 0 Å². The summed E-state index contributed by atoms with van der Waals surface area (Å²) in [7, 11) is 0. The normalized spacial score (nSPS) is 10.3. The Morgan fingerprint density at radius 1 is 1.44 bits per heavy atom. The lowest BCUT2D eigenvalue weighted by atomic mass is 10.3. The van der Waals surface area contributed by atoms with Gasteiger partial charge in [0.2, 0.25) is 0 Å². The van der Waals surface area contributed by atoms with E-state index in [1.807, 2.05) is 13.8 Å². The molecule has 0 saturated carbocycles. The predicted molar refractivity (Wildman–Crippen MR) is 63.5 cm³/mol. The maximum atomic E-state index is 11.8. The van der Waals surface area contributed by atoms with Gasteiger partial charge in [0.05, 0.1) is 0 Å². The van der Waals surface area contributed by atoms with Crippen LogP contribution in [-0.4, -0.2) is 26.0 Å². The number of amides is 1. The number of aryl methyl sites for hydroxylation is 1. The fraction of sp³-hybridized carbons (Fsp3) is 0.200. The Hall–Kier alpha value is -2.64. The molecule has 0 aliphatic heterocycles. The van der Waals surface area contributed by atoms with Crippen LogP contribution in [0.15, 0.2) is 12.1 Å². The molecule has 94 valence electrons. The lowest BCUT2D eigenvalue weighted by Gasteiger charge is -1.99. The fourth-order valence-electron chi connectivity index (χ4n) is 1.40. The molecule has 0 atom stereocenters. The van der Waals surface area contributed by atoms with Gasteiger partial charge in [0, 0.05) is 17.3 Å². The first-order valence-corrected chi connectivity index (χ1v) is 5.15. The zero-order chi connectivity index (χ0) is 13.3. The van der Waals surface area contributed by atoms with Crippen molar-refractivity contribution in [2.75, 3.05) is 5.32 Å². The van der Waals surface area contributed by atoms with E-state index in [9.17, 15) is 14.9 Å². The highest BCUT2D eigenvalue weighted by Gasteiger charge is 2.17. The Kier molecular flexibility index (Phi) is 2.84. The third kappa shape index (κ3) is 2.08. The number of carbonyl (C=O) groups is 1. The summed E-state index contributed by atoms with van der Waals surface area (Å²) in [4.78, 5) is 24.1. The minimum absolute atomic E-state index is 0.113. The number of hydrogen-bond acceptors (Lipinski definition) is 4. The molecular formula is C10H11N5O3. The van der Waals surface area contributed by atoms with E-state index in [0.717, 1.165) is 11.3 Å². The third-order valence-electron chi connectivity index (χ3n) is 2.60. The number of hydrogen-bond donors (Lipinski definition) is 3. The van der Waals surface area contributed by atoms with E-state index in [4.69, 9.17) is 0 Å². The summed E-state index contributed by atoms with van der Waals surface area (Å²) in [6.45, 7) is 3.64. The van der Waals surface area contributed by atoms with Crippen LogP contribution < -0.4 is 5.32 Å². The number of nitro groups is 1. The number of aromatic amines is 2. The van der Waals surface area contributed by atoms with E-state index in [2.05, 4.69) is 20.5 Å². The predicted octanol–water partition coefficient (Wildman–Crippen LogP) is 1.52. The van der Waals surface area contributed by atoms with Crippen LogP contribution in [0.5, 0.6) is 0 Å². The van der Waals surface area contributed by atoms with Gasteiger partial charge in [-0.25, -0.2) is 4.98 Å². The summed E-state index contributed by atoms with van der Waals surface area (Å²) >= 11 is 0. The van der Waals surface area contributed by atoms with Crippen molar-refractivity contribution in [3.05, 3.63) is 39.2 Å². The van der Waals surface area contributed by atoms with Crippen LogP contribution in [0.4, 0.5) is 11.6 Å². The number of carbonyl (C=O) groups excluding carboxylic acids is 1. The molecule has 8 heteroatoms. The zero-order valence-electron chi connectivity index (χ0n) is 9.77. The van der Waals surface area contributed by atoms with Crippen LogP contribution in [0.3, 0.4) is 0 Å². The fourth-order valence-corrected chi connectivity index (χ4v) is 1.40. The highest BCUT2D eigenvalue weighted by atomic mass is 16.6. The molecule has 2 heterocycles. The maximum Gasteiger partial charge on any atom is 0.321 e. The second-order valence-corrected chi connectivity index (χ2v) is 3.79. The molecule has 0 radical (unpaired) electrons. The van der Waals surface area contributed by atoms with Crippen LogP contribution in [0, 0.1) is 24.0 Å². The molecule has 0 spiro atoms. The lowest BCUT2D eigenvalue weighted by Crippen LogP contribution is -2.13. The Balaban J connectivity index is 2.17. The summed E-state index contributed by atoms with van der Waals surface area (Å²) < 4.78 is 0. The number of rotatable bonds is 3. The number of aromatic nitrogens is 3. The summed E-state index contributed by atoms with van der Waals surface area (Å²) in [6, 6.07) is 2.58. The van der Waals surface area contributed by atoms with Crippen molar-refractivity contribution in [1.29, 1.82) is 0 Å². The highest BCUT2D eigenvalue weighted by Crippen LogP contribution is 2.16. The summed E-state index contributed by atoms with van der Waals surface area (Å²) in [5.41, 5.74) is 1.79. The van der Waals surface area contributed by atoms with Crippen molar-refractivity contribution in [3.63, 3.8) is 0 Å². The van der Waals surface area contributed by atoms with Crippen molar-refractivity contribution < 1.29 is 9.72 Å². The molecule has 2 rings (SSSR count). The molecule has 0 aliphatic carbocycles. The van der Waals surface area contributed by atoms with Gasteiger partial charge in [-0.05, 0) is 24.8 Å². The standard InChI is InChI=1S/C10H11N5O3/c1-5-6(2)13-14-9(5)12-10(16)7-3-4-8(11-7)15(17)18/h3-4,11H,1-2H3,(H2,12,13,14,16). The molecule has 0 aromatic carbocycles. The molecule has 8 nitrogen and oxygen atoms in total. The monoisotopic (exact) mass is 249 g/mol. The molecule has 0 bridgehead atoms. The van der Waals surface area contributed by atoms with Gasteiger partial charge < -0.3 is 15.4 Å². The minimum atomic E-state index is -0.597. The van der Waals surface area contributed by atoms with E-state index in [0.29, 0.717) is 5.82 Å². The molecule has 0 aliphatic rings. The highest BCUT2D eigenvalue weighted by molar-refractivity contribution is 6.03. The van der Waals surface area contributed by atoms with Crippen LogP contribution in [0.1, 0.15) is 21.7 Å². The quantitative estimate of drug-likeness (QED) is 0.564. The number of H-pyrrole nitrogens is 2. The smallest absolute Gasteiger partial charge is 0.321 e. The van der Waals surface area contributed by atoms with Crippen molar-refractivity contribution in [3.8, 4) is 0 Å². The average molecular weight is 249 g/mol. The van der Waals surface area contributed by atoms with Crippen LogP contribution in [0.2, 0.25) is 0 Å². The first-order valence-electron chi connectivity index (χ1n) is 5.15. The van der Waals surface area contributed by atoms with Gasteiger partial charge >= 0.3 is 5.82 Å². The molecule has 0 saturated heterocycles. The molecular weight excluding hydrogens is 238 g/mol. The largest absolute Gasteiger partial charge is 0.358 e. The van der Waals surface area contributed by atoms with E-state index in [1.54, 1.807) is 0 Å². The molecule has 0 fully saturated rings. The summed E-state index contributed by atoms with van der Waals surface area (Å²) in [6.07, 6.45) is 0. The molecule has 0 unspecified atom stereocenters. The molecule has 2 aromatic rings. The SMILES string of the molecule is Cc1[nH]nc(NC(=O)c2ccc([N+](=O)[O-])[nH]2)c1C. The van der Waals surface area contributed by atoms with Gasteiger partial charge in [-0.1, -0.05) is 0 Å². The number of nitrogens with zero attached hydrogens (tertiary/aromatic N) is 2. The van der Waals surface area contributed by atoms with Gasteiger partial charge in [-0.15, -0.1) is 0 Å². The zero-order valence-corrected chi connectivity index (χ0v) is 9.77. The van der Waals surface area contributed by atoms with E-state index >= 15 is 0 Å². The van der Waals surface area contributed by atoms with Gasteiger partial charge in [-0.3, -0.25) is 9.89 Å². The second-order valence-electron chi connectivity index (χ2n) is 3.79. The Labute approximate surface area is 102 Å². The third-order valence-corrected chi connectivity index (χ3v) is 2.60. The number of anilines is 1. The van der Waals surface area contributed by atoms with E-state index < -0.39 is 10.8 Å². The lowest BCUT2D eigenvalue weighted by molar-refractivity contribution is -0.389. The van der Waals surface area contributed by atoms with Crippen molar-refractivity contribution >= 4 is 17.5 Å². The maximum absolute atomic E-state index is 11.8. The average Bonchev–Trinajstić information content (AvgIpc) is 2.91. The topological polar surface area (TPSA) is 117 Å². The van der Waals surface area contributed by atoms with Crippen molar-refractivity contribution in [2.45, 2.75) is 13.8 Å². The summed E-state index contributed by atoms with van der Waals surface area (Å²) in [5, 5.41) is 19.7. The Morgan fingerprint density at radius 3 is 2.67 bits per heavy atom. The molecule has 2 aromatic heterocycles. The molecule has 3 N–H and O–H groups in total. The first kappa shape index (κ1) is 11.8. The van der Waals surface area contributed by atoms with Gasteiger partial charge in [-0.2, -0.15) is 5.10 Å². The van der Waals surface area contributed by atoms with Crippen LogP contribution in [-0.2, 0) is 0 Å². The van der Waals surface area contributed by atoms with Gasteiger partial charge in [0.1, 0.15) is 0 Å². The summed E-state index contributed by atoms with van der Waals surface area (Å²) in [5.74, 6) is -0.289. The Morgan fingerprint density at radius 2 is 2.17 bits per heavy atom. The second kappa shape index (κ2) is 4.32. The van der Waals surface area contributed by atoms with E-state index in [-0.39, 0.29) is 11.5 Å². The minimum Gasteiger partial charge on any atom is -0.358 e. The Bertz CT molecular complexity index is 613.